The third-order valence-corrected chi connectivity index (χ3v) is 6.13. The van der Waals surface area contributed by atoms with Crippen LogP contribution in [-0.2, 0) is 9.53 Å². The number of anilines is 1. The number of thiazole rings is 1. The minimum absolute atomic E-state index is 0.375. The Morgan fingerprint density at radius 2 is 2.15 bits per heavy atom. The van der Waals surface area contributed by atoms with E-state index >= 15 is 0 Å². The Hall–Kier alpha value is -2.54. The lowest BCUT2D eigenvalue weighted by atomic mass is 10.3. The van der Waals surface area contributed by atoms with Gasteiger partial charge in [-0.15, -0.1) is 22.7 Å². The van der Waals surface area contributed by atoms with Crippen molar-refractivity contribution in [2.24, 2.45) is 0 Å². The Bertz CT molecular complexity index is 983. The van der Waals surface area contributed by atoms with Gasteiger partial charge >= 0.3 is 5.97 Å². The monoisotopic (exact) mass is 403 g/mol. The molecule has 3 aromatic heterocycles. The zero-order valence-corrected chi connectivity index (χ0v) is 16.3. The van der Waals surface area contributed by atoms with Crippen molar-refractivity contribution < 1.29 is 14.3 Å². The zero-order valence-electron chi connectivity index (χ0n) is 13.8. The third-order valence-electron chi connectivity index (χ3n) is 3.43. The number of amides is 1. The van der Waals surface area contributed by atoms with Gasteiger partial charge in [0.1, 0.15) is 21.0 Å². The lowest BCUT2D eigenvalue weighted by Crippen LogP contribution is -2.29. The van der Waals surface area contributed by atoms with E-state index in [-0.39, 0.29) is 0 Å². The molecule has 9 heteroatoms. The van der Waals surface area contributed by atoms with Crippen LogP contribution in [0, 0.1) is 18.3 Å². The van der Waals surface area contributed by atoms with Crippen LogP contribution in [0.1, 0.15) is 27.9 Å². The summed E-state index contributed by atoms with van der Waals surface area (Å²) < 4.78 is 5.28. The van der Waals surface area contributed by atoms with Crippen molar-refractivity contribution in [3.05, 3.63) is 44.4 Å². The van der Waals surface area contributed by atoms with Crippen LogP contribution in [-0.4, -0.2) is 23.0 Å². The SMILES string of the molecule is Cc1nc(-c2ccsc2)sc1C(=O)OC(C)C(=O)Nc1sccc1C#N. The quantitative estimate of drug-likeness (QED) is 0.641. The normalized spacial score (nSPS) is 11.6. The number of aromatic nitrogens is 1. The van der Waals surface area contributed by atoms with Crippen molar-refractivity contribution in [1.29, 1.82) is 5.26 Å². The van der Waals surface area contributed by atoms with Gasteiger partial charge in [-0.25, -0.2) is 9.78 Å². The number of hydrogen-bond donors (Lipinski definition) is 1. The first-order chi connectivity index (χ1) is 12.5. The summed E-state index contributed by atoms with van der Waals surface area (Å²) in [6.45, 7) is 3.22. The summed E-state index contributed by atoms with van der Waals surface area (Å²) in [6.07, 6.45) is -0.998. The molecule has 1 amide bonds. The fourth-order valence-electron chi connectivity index (χ4n) is 2.07. The Morgan fingerprint density at radius 3 is 2.85 bits per heavy atom. The molecule has 0 aliphatic rings. The van der Waals surface area contributed by atoms with E-state index in [1.165, 1.54) is 29.6 Å². The molecule has 3 heterocycles. The second kappa shape index (κ2) is 7.78. The molecule has 1 N–H and O–H groups in total. The largest absolute Gasteiger partial charge is 0.448 e. The average molecular weight is 404 g/mol. The first-order valence-electron chi connectivity index (χ1n) is 7.49. The number of aryl methyl sites for hydroxylation is 1. The number of nitrogens with one attached hydrogen (secondary N) is 1. The van der Waals surface area contributed by atoms with Crippen molar-refractivity contribution in [3.8, 4) is 16.6 Å². The second-order valence-corrected chi connectivity index (χ2v) is 7.95. The molecule has 0 spiro atoms. The molecule has 0 saturated carbocycles. The molecule has 1 unspecified atom stereocenters. The highest BCUT2D eigenvalue weighted by atomic mass is 32.1. The molecule has 0 aromatic carbocycles. The Labute approximate surface area is 161 Å². The van der Waals surface area contributed by atoms with Crippen LogP contribution >= 0.6 is 34.0 Å². The number of nitrogens with zero attached hydrogens (tertiary/aromatic N) is 2. The highest BCUT2D eigenvalue weighted by Crippen LogP contribution is 2.30. The molecule has 0 radical (unpaired) electrons. The van der Waals surface area contributed by atoms with Crippen LogP contribution in [0.25, 0.3) is 10.6 Å². The highest BCUT2D eigenvalue weighted by molar-refractivity contribution is 7.17. The smallest absolute Gasteiger partial charge is 0.351 e. The van der Waals surface area contributed by atoms with Gasteiger partial charge in [0.15, 0.2) is 6.10 Å². The molecular formula is C17H13N3O3S3. The first-order valence-corrected chi connectivity index (χ1v) is 10.1. The predicted molar refractivity (Wildman–Crippen MR) is 103 cm³/mol. The number of rotatable bonds is 5. The topological polar surface area (TPSA) is 92.1 Å². The molecule has 0 aliphatic heterocycles. The summed E-state index contributed by atoms with van der Waals surface area (Å²) in [7, 11) is 0. The van der Waals surface area contributed by atoms with E-state index in [1.54, 1.807) is 29.7 Å². The number of esters is 1. The van der Waals surface area contributed by atoms with Gasteiger partial charge in [0.05, 0.1) is 11.3 Å². The predicted octanol–water partition coefficient (Wildman–Crippen LogP) is 4.30. The molecule has 1 atom stereocenters. The number of ether oxygens (including phenoxy) is 1. The van der Waals surface area contributed by atoms with E-state index in [0.717, 1.165) is 10.6 Å². The van der Waals surface area contributed by atoms with Gasteiger partial charge < -0.3 is 10.1 Å². The van der Waals surface area contributed by atoms with Gasteiger partial charge in [-0.05, 0) is 36.7 Å². The molecule has 0 bridgehead atoms. The van der Waals surface area contributed by atoms with Gasteiger partial charge in [-0.1, -0.05) is 0 Å². The van der Waals surface area contributed by atoms with Crippen LogP contribution in [0.4, 0.5) is 5.00 Å². The summed E-state index contributed by atoms with van der Waals surface area (Å²) in [5, 5.41) is 18.4. The average Bonchev–Trinajstić information content (AvgIpc) is 3.34. The first kappa shape index (κ1) is 18.3. The lowest BCUT2D eigenvalue weighted by Gasteiger charge is -2.12. The van der Waals surface area contributed by atoms with Crippen LogP contribution < -0.4 is 5.32 Å². The Kier molecular flexibility index (Phi) is 5.46. The van der Waals surface area contributed by atoms with Crippen LogP contribution in [0.3, 0.4) is 0 Å². The van der Waals surface area contributed by atoms with E-state index in [1.807, 2.05) is 22.9 Å². The molecule has 0 fully saturated rings. The van der Waals surface area contributed by atoms with Crippen molar-refractivity contribution in [2.75, 3.05) is 5.32 Å². The van der Waals surface area contributed by atoms with Crippen LogP contribution in [0.5, 0.6) is 0 Å². The number of thiophene rings is 2. The molecule has 3 rings (SSSR count). The molecule has 0 saturated heterocycles. The summed E-state index contributed by atoms with van der Waals surface area (Å²) in [6, 6.07) is 5.54. The third kappa shape index (κ3) is 3.83. The fraction of sp³-hybridized carbons (Fsp3) is 0.176. The second-order valence-electron chi connectivity index (χ2n) is 5.26. The van der Waals surface area contributed by atoms with E-state index in [9.17, 15) is 9.59 Å². The minimum atomic E-state index is -0.998. The highest BCUT2D eigenvalue weighted by Gasteiger charge is 2.24. The number of carbonyl (C=O) groups is 2. The van der Waals surface area contributed by atoms with Gasteiger partial charge in [0.25, 0.3) is 5.91 Å². The standard InChI is InChI=1S/C17H13N3O3S3/c1-9-13(26-16(19-9)12-3-5-24-8-12)17(22)23-10(2)14(21)20-15-11(7-18)4-6-25-15/h3-6,8,10H,1-2H3,(H,20,21). The van der Waals surface area contributed by atoms with Gasteiger partial charge in [-0.3, -0.25) is 4.79 Å². The van der Waals surface area contributed by atoms with Gasteiger partial charge in [0, 0.05) is 10.9 Å². The molecular weight excluding hydrogens is 390 g/mol. The van der Waals surface area contributed by atoms with Gasteiger partial charge in [0.2, 0.25) is 0 Å². The number of carbonyl (C=O) groups excluding carboxylic acids is 2. The molecule has 132 valence electrons. The molecule has 26 heavy (non-hydrogen) atoms. The molecule has 0 aliphatic carbocycles. The summed E-state index contributed by atoms with van der Waals surface area (Å²) in [5.74, 6) is -1.08. The Morgan fingerprint density at radius 1 is 1.35 bits per heavy atom. The van der Waals surface area contributed by atoms with Crippen LogP contribution in [0.2, 0.25) is 0 Å². The van der Waals surface area contributed by atoms with E-state index < -0.39 is 18.0 Å². The maximum Gasteiger partial charge on any atom is 0.351 e. The van der Waals surface area contributed by atoms with Crippen molar-refractivity contribution in [3.63, 3.8) is 0 Å². The van der Waals surface area contributed by atoms with E-state index in [0.29, 0.717) is 21.1 Å². The number of hydrogen-bond acceptors (Lipinski definition) is 8. The summed E-state index contributed by atoms with van der Waals surface area (Å²) in [5.41, 5.74) is 1.90. The van der Waals surface area contributed by atoms with Crippen LogP contribution in [0.15, 0.2) is 28.3 Å². The van der Waals surface area contributed by atoms with Crippen molar-refractivity contribution >= 4 is 50.9 Å². The van der Waals surface area contributed by atoms with E-state index in [4.69, 9.17) is 10.00 Å². The molecule has 6 nitrogen and oxygen atoms in total. The van der Waals surface area contributed by atoms with E-state index in [2.05, 4.69) is 10.3 Å². The summed E-state index contributed by atoms with van der Waals surface area (Å²) >= 11 is 4.03. The number of nitriles is 1. The Balaban J connectivity index is 1.68. The zero-order chi connectivity index (χ0) is 18.7. The summed E-state index contributed by atoms with van der Waals surface area (Å²) in [4.78, 5) is 29.4. The van der Waals surface area contributed by atoms with Gasteiger partial charge in [-0.2, -0.15) is 16.6 Å². The fourth-order valence-corrected chi connectivity index (χ4v) is 4.47. The minimum Gasteiger partial charge on any atom is -0.448 e. The van der Waals surface area contributed by atoms with Crippen molar-refractivity contribution in [1.82, 2.24) is 4.98 Å². The maximum atomic E-state index is 12.4. The lowest BCUT2D eigenvalue weighted by molar-refractivity contribution is -0.123. The molecule has 3 aromatic rings. The van der Waals surface area contributed by atoms with Crippen molar-refractivity contribution in [2.45, 2.75) is 20.0 Å². The maximum absolute atomic E-state index is 12.4.